The van der Waals surface area contributed by atoms with E-state index in [1.165, 1.54) is 16.8 Å². The summed E-state index contributed by atoms with van der Waals surface area (Å²) in [5.41, 5.74) is 3.87. The van der Waals surface area contributed by atoms with Crippen LogP contribution in [-0.2, 0) is 33.0 Å². The van der Waals surface area contributed by atoms with E-state index in [1.807, 2.05) is 41.7 Å². The monoisotopic (exact) mass is 286 g/mol. The molecule has 21 heavy (non-hydrogen) atoms. The topological polar surface area (TPSA) is 51.9 Å². The van der Waals surface area contributed by atoms with E-state index in [0.29, 0.717) is 6.04 Å². The van der Waals surface area contributed by atoms with Crippen molar-refractivity contribution in [2.24, 2.45) is 7.05 Å². The van der Waals surface area contributed by atoms with Gasteiger partial charge >= 0.3 is 0 Å². The highest BCUT2D eigenvalue weighted by molar-refractivity contribution is 5.25. The number of aryl methyl sites for hydroxylation is 1. The largest absolute Gasteiger partial charge is 0.313 e. The molecular weight excluding hydrogens is 264 g/mol. The Morgan fingerprint density at radius 1 is 1.43 bits per heavy atom. The molecule has 0 aromatic carbocycles. The highest BCUT2D eigenvalue weighted by Crippen LogP contribution is 2.20. The highest BCUT2D eigenvalue weighted by atomic mass is 16.1. The number of hydrogen-bond acceptors (Lipinski definition) is 3. The van der Waals surface area contributed by atoms with Crippen LogP contribution < -0.4 is 10.9 Å². The molecule has 0 radical (unpaired) electrons. The third kappa shape index (κ3) is 2.93. The number of fused-ring (bicyclic) bond motifs is 1. The Balaban J connectivity index is 1.69. The Kier molecular flexibility index (Phi) is 3.92. The first-order valence-electron chi connectivity index (χ1n) is 7.60. The lowest BCUT2D eigenvalue weighted by Gasteiger charge is -2.27. The molecule has 0 saturated carbocycles. The van der Waals surface area contributed by atoms with E-state index in [0.717, 1.165) is 32.4 Å². The Morgan fingerprint density at radius 2 is 2.29 bits per heavy atom. The summed E-state index contributed by atoms with van der Waals surface area (Å²) in [4.78, 5) is 11.9. The molecule has 1 aliphatic carbocycles. The first-order chi connectivity index (χ1) is 10.2. The fraction of sp³-hybridized carbons (Fsp3) is 0.500. The third-order valence-corrected chi connectivity index (χ3v) is 4.25. The van der Waals surface area contributed by atoms with Gasteiger partial charge in [0.2, 0.25) is 0 Å². The van der Waals surface area contributed by atoms with E-state index in [2.05, 4.69) is 10.4 Å². The minimum absolute atomic E-state index is 0.123. The van der Waals surface area contributed by atoms with Crippen LogP contribution in [0.15, 0.2) is 29.3 Å². The Morgan fingerprint density at radius 3 is 3.00 bits per heavy atom. The SMILES string of the molecule is CCn1c2c(ccc1=O)C[C@@H](NCc1cnn(C)c1)CC2. The highest BCUT2D eigenvalue weighted by Gasteiger charge is 2.20. The molecule has 1 atom stereocenters. The van der Waals surface area contributed by atoms with Gasteiger partial charge in [-0.3, -0.25) is 9.48 Å². The average Bonchev–Trinajstić information content (AvgIpc) is 2.90. The van der Waals surface area contributed by atoms with Crippen molar-refractivity contribution in [2.45, 2.75) is 45.3 Å². The molecule has 1 N–H and O–H groups in total. The minimum atomic E-state index is 0.123. The van der Waals surface area contributed by atoms with Crippen molar-refractivity contribution in [1.29, 1.82) is 0 Å². The maximum Gasteiger partial charge on any atom is 0.250 e. The van der Waals surface area contributed by atoms with Crippen molar-refractivity contribution >= 4 is 0 Å². The second-order valence-electron chi connectivity index (χ2n) is 5.73. The molecule has 0 saturated heterocycles. The van der Waals surface area contributed by atoms with E-state index in [9.17, 15) is 4.79 Å². The summed E-state index contributed by atoms with van der Waals surface area (Å²) in [6, 6.07) is 4.17. The van der Waals surface area contributed by atoms with Gasteiger partial charge < -0.3 is 9.88 Å². The van der Waals surface area contributed by atoms with Crippen molar-refractivity contribution in [3.8, 4) is 0 Å². The summed E-state index contributed by atoms with van der Waals surface area (Å²) >= 11 is 0. The van der Waals surface area contributed by atoms with Crippen LogP contribution in [0.1, 0.15) is 30.2 Å². The number of nitrogens with zero attached hydrogens (tertiary/aromatic N) is 3. The van der Waals surface area contributed by atoms with Crippen molar-refractivity contribution in [2.75, 3.05) is 0 Å². The van der Waals surface area contributed by atoms with Gasteiger partial charge in [-0.25, -0.2) is 0 Å². The van der Waals surface area contributed by atoms with Crippen LogP contribution in [0.4, 0.5) is 0 Å². The van der Waals surface area contributed by atoms with Gasteiger partial charge in [0.25, 0.3) is 5.56 Å². The molecule has 2 aromatic heterocycles. The fourth-order valence-corrected chi connectivity index (χ4v) is 3.17. The standard InChI is InChI=1S/C16H22N4O/c1-3-20-15-6-5-14(8-13(15)4-7-16(20)21)17-9-12-10-18-19(2)11-12/h4,7,10-11,14,17H,3,5-6,8-9H2,1-2H3/t14-/m0/s1. The molecule has 2 aromatic rings. The molecule has 1 aliphatic rings. The van der Waals surface area contributed by atoms with Crippen LogP contribution in [0.5, 0.6) is 0 Å². The Hall–Kier alpha value is -1.88. The normalized spacial score (nSPS) is 17.7. The number of aromatic nitrogens is 3. The third-order valence-electron chi connectivity index (χ3n) is 4.25. The predicted octanol–water partition coefficient (Wildman–Crippen LogP) is 1.25. The molecule has 0 unspecified atom stereocenters. The van der Waals surface area contributed by atoms with Crippen LogP contribution in [0.25, 0.3) is 0 Å². The summed E-state index contributed by atoms with van der Waals surface area (Å²) in [5, 5.41) is 7.79. The van der Waals surface area contributed by atoms with Crippen molar-refractivity contribution in [3.05, 3.63) is 51.7 Å². The quantitative estimate of drug-likeness (QED) is 0.920. The smallest absolute Gasteiger partial charge is 0.250 e. The van der Waals surface area contributed by atoms with Gasteiger partial charge in [-0.1, -0.05) is 6.07 Å². The zero-order valence-electron chi connectivity index (χ0n) is 12.7. The summed E-state index contributed by atoms with van der Waals surface area (Å²) in [5.74, 6) is 0. The summed E-state index contributed by atoms with van der Waals surface area (Å²) in [6.45, 7) is 3.64. The number of nitrogens with one attached hydrogen (secondary N) is 1. The number of pyridine rings is 1. The van der Waals surface area contributed by atoms with Gasteiger partial charge in [0.1, 0.15) is 0 Å². The van der Waals surface area contributed by atoms with Crippen LogP contribution >= 0.6 is 0 Å². The first-order valence-corrected chi connectivity index (χ1v) is 7.60. The first kappa shape index (κ1) is 14.1. The molecular formula is C16H22N4O. The van der Waals surface area contributed by atoms with Crippen LogP contribution in [0, 0.1) is 0 Å². The van der Waals surface area contributed by atoms with Gasteiger partial charge in [-0.2, -0.15) is 5.10 Å². The molecule has 112 valence electrons. The predicted molar refractivity (Wildman–Crippen MR) is 82.2 cm³/mol. The lowest BCUT2D eigenvalue weighted by molar-refractivity contribution is 0.441. The van der Waals surface area contributed by atoms with Crippen molar-refractivity contribution in [1.82, 2.24) is 19.7 Å². The number of hydrogen-bond donors (Lipinski definition) is 1. The van der Waals surface area contributed by atoms with Gasteiger partial charge in [0, 0.05) is 49.7 Å². The molecule has 2 heterocycles. The summed E-state index contributed by atoms with van der Waals surface area (Å²) in [7, 11) is 1.93. The van der Waals surface area contributed by atoms with E-state index >= 15 is 0 Å². The van der Waals surface area contributed by atoms with Gasteiger partial charge in [-0.15, -0.1) is 0 Å². The summed E-state index contributed by atoms with van der Waals surface area (Å²) in [6.07, 6.45) is 6.99. The minimum Gasteiger partial charge on any atom is -0.313 e. The maximum absolute atomic E-state index is 11.9. The molecule has 5 heteroatoms. The molecule has 0 spiro atoms. The van der Waals surface area contributed by atoms with Crippen molar-refractivity contribution < 1.29 is 0 Å². The lowest BCUT2D eigenvalue weighted by atomic mass is 9.91. The molecule has 0 amide bonds. The summed E-state index contributed by atoms with van der Waals surface area (Å²) < 4.78 is 3.74. The Labute approximate surface area is 124 Å². The van der Waals surface area contributed by atoms with Crippen molar-refractivity contribution in [3.63, 3.8) is 0 Å². The van der Waals surface area contributed by atoms with E-state index in [4.69, 9.17) is 0 Å². The zero-order valence-corrected chi connectivity index (χ0v) is 12.7. The lowest BCUT2D eigenvalue weighted by Crippen LogP contribution is -2.36. The van der Waals surface area contributed by atoms with Gasteiger partial charge in [-0.05, 0) is 31.7 Å². The molecule has 5 nitrogen and oxygen atoms in total. The van der Waals surface area contributed by atoms with E-state index in [1.54, 1.807) is 6.07 Å². The van der Waals surface area contributed by atoms with Crippen LogP contribution in [0.3, 0.4) is 0 Å². The maximum atomic E-state index is 11.9. The van der Waals surface area contributed by atoms with E-state index < -0.39 is 0 Å². The number of rotatable bonds is 4. The second kappa shape index (κ2) is 5.85. The van der Waals surface area contributed by atoms with Gasteiger partial charge in [0.05, 0.1) is 6.20 Å². The zero-order chi connectivity index (χ0) is 14.8. The second-order valence-corrected chi connectivity index (χ2v) is 5.73. The van der Waals surface area contributed by atoms with Crippen LogP contribution in [0.2, 0.25) is 0 Å². The van der Waals surface area contributed by atoms with Crippen LogP contribution in [-0.4, -0.2) is 20.4 Å². The Bertz CT molecular complexity index is 686. The fourth-order valence-electron chi connectivity index (χ4n) is 3.17. The average molecular weight is 286 g/mol. The molecule has 0 aliphatic heterocycles. The molecule has 0 bridgehead atoms. The molecule has 0 fully saturated rings. The van der Waals surface area contributed by atoms with E-state index in [-0.39, 0.29) is 5.56 Å². The van der Waals surface area contributed by atoms with Gasteiger partial charge in [0.15, 0.2) is 0 Å². The molecule has 3 rings (SSSR count).